The molecule has 2 amide bonds. The second kappa shape index (κ2) is 8.59. The van der Waals surface area contributed by atoms with E-state index >= 15 is 0 Å². The van der Waals surface area contributed by atoms with E-state index in [9.17, 15) is 9.59 Å². The maximum Gasteiger partial charge on any atom is 0.270 e. The lowest BCUT2D eigenvalue weighted by atomic mass is 10.1. The van der Waals surface area contributed by atoms with Crippen LogP contribution in [0.25, 0.3) is 6.08 Å². The van der Waals surface area contributed by atoms with Crippen molar-refractivity contribution in [2.45, 2.75) is 0 Å². The molecule has 0 aromatic heterocycles. The fourth-order valence-corrected chi connectivity index (χ4v) is 3.54. The van der Waals surface area contributed by atoms with E-state index in [4.69, 9.17) is 56.5 Å². The van der Waals surface area contributed by atoms with Crippen LogP contribution in [0.1, 0.15) is 5.56 Å². The summed E-state index contributed by atoms with van der Waals surface area (Å²) in [7, 11) is 2.93. The first kappa shape index (κ1) is 21.4. The molecule has 0 radical (unpaired) electrons. The fraction of sp³-hybridized carbons (Fsp3) is 0.105. The summed E-state index contributed by atoms with van der Waals surface area (Å²) in [5.74, 6) is -0.542. The SMILES string of the molecule is COc1cc(Cl)c(/C=C2/C(=O)NC(=S)N(c3cccc(Cl)c3Cl)C2=O)cc1OC. The number of rotatable bonds is 4. The third kappa shape index (κ3) is 4.04. The smallest absolute Gasteiger partial charge is 0.270 e. The van der Waals surface area contributed by atoms with E-state index in [0.29, 0.717) is 17.1 Å². The second-order valence-electron chi connectivity index (χ2n) is 5.76. The molecule has 1 aliphatic rings. The van der Waals surface area contributed by atoms with Gasteiger partial charge in [-0.25, -0.2) is 0 Å². The van der Waals surface area contributed by atoms with Crippen molar-refractivity contribution in [3.63, 3.8) is 0 Å². The first-order valence-corrected chi connectivity index (χ1v) is 9.59. The van der Waals surface area contributed by atoms with Gasteiger partial charge in [0.05, 0.1) is 35.0 Å². The van der Waals surface area contributed by atoms with Gasteiger partial charge >= 0.3 is 0 Å². The van der Waals surface area contributed by atoms with Crippen LogP contribution >= 0.6 is 47.0 Å². The summed E-state index contributed by atoms with van der Waals surface area (Å²) in [5.41, 5.74) is 0.440. The Morgan fingerprint density at radius 3 is 2.34 bits per heavy atom. The Hall–Kier alpha value is -2.32. The lowest BCUT2D eigenvalue weighted by Crippen LogP contribution is -2.54. The van der Waals surface area contributed by atoms with Crippen LogP contribution in [0.5, 0.6) is 11.5 Å². The monoisotopic (exact) mass is 470 g/mol. The first-order chi connectivity index (χ1) is 13.8. The molecule has 2 aromatic rings. The van der Waals surface area contributed by atoms with Gasteiger partial charge in [0.25, 0.3) is 11.8 Å². The number of nitrogens with one attached hydrogen (secondary N) is 1. The number of anilines is 1. The molecule has 1 heterocycles. The molecular formula is C19H13Cl3N2O4S. The molecule has 1 fully saturated rings. The van der Waals surface area contributed by atoms with Gasteiger partial charge in [-0.05, 0) is 42.1 Å². The maximum absolute atomic E-state index is 13.1. The molecule has 6 nitrogen and oxygen atoms in total. The summed E-state index contributed by atoms with van der Waals surface area (Å²) < 4.78 is 10.4. The summed E-state index contributed by atoms with van der Waals surface area (Å²) in [6.45, 7) is 0. The number of hydrogen-bond acceptors (Lipinski definition) is 5. The molecule has 1 N–H and O–H groups in total. The molecule has 1 saturated heterocycles. The van der Waals surface area contributed by atoms with Gasteiger partial charge in [-0.3, -0.25) is 19.8 Å². The maximum atomic E-state index is 13.1. The first-order valence-electron chi connectivity index (χ1n) is 8.05. The largest absolute Gasteiger partial charge is 0.493 e. The van der Waals surface area contributed by atoms with E-state index in [0.717, 1.165) is 4.90 Å². The number of benzene rings is 2. The Labute approximate surface area is 186 Å². The van der Waals surface area contributed by atoms with Crippen LogP contribution in [-0.4, -0.2) is 31.1 Å². The summed E-state index contributed by atoms with van der Waals surface area (Å²) in [6.07, 6.45) is 1.34. The highest BCUT2D eigenvalue weighted by Crippen LogP contribution is 2.36. The molecular weight excluding hydrogens is 459 g/mol. The standard InChI is InChI=1S/C19H13Cl3N2O4S/c1-27-14-7-9(12(21)8-15(14)28-2)6-10-17(25)23-19(29)24(18(10)26)13-5-3-4-11(20)16(13)22/h3-8H,1-2H3,(H,23,25,29)/b10-6-. The number of thiocarbonyl (C=S) groups is 1. The van der Waals surface area contributed by atoms with Crippen LogP contribution in [0.15, 0.2) is 35.9 Å². The molecule has 0 unspecified atom stereocenters. The van der Waals surface area contributed by atoms with Crippen molar-refractivity contribution in [1.82, 2.24) is 5.32 Å². The Bertz CT molecular complexity index is 1070. The van der Waals surface area contributed by atoms with E-state index in [1.165, 1.54) is 26.4 Å². The van der Waals surface area contributed by atoms with Crippen LogP contribution in [0, 0.1) is 0 Å². The van der Waals surface area contributed by atoms with Gasteiger partial charge in [0.2, 0.25) is 0 Å². The zero-order chi connectivity index (χ0) is 21.3. The lowest BCUT2D eigenvalue weighted by Gasteiger charge is -2.29. The van der Waals surface area contributed by atoms with Crippen molar-refractivity contribution in [2.75, 3.05) is 19.1 Å². The van der Waals surface area contributed by atoms with Gasteiger partial charge in [0.15, 0.2) is 16.6 Å². The third-order valence-corrected chi connectivity index (χ3v) is 5.50. The number of amides is 2. The summed E-state index contributed by atoms with van der Waals surface area (Å²) in [4.78, 5) is 26.7. The minimum atomic E-state index is -0.672. The quantitative estimate of drug-likeness (QED) is 0.404. The molecule has 150 valence electrons. The van der Waals surface area contributed by atoms with Crippen LogP contribution in [0.2, 0.25) is 15.1 Å². The number of hydrogen-bond donors (Lipinski definition) is 1. The number of carbonyl (C=O) groups is 2. The number of carbonyl (C=O) groups excluding carboxylic acids is 2. The molecule has 0 bridgehead atoms. The van der Waals surface area contributed by atoms with E-state index in [1.54, 1.807) is 24.3 Å². The van der Waals surface area contributed by atoms with Crippen molar-refractivity contribution in [1.29, 1.82) is 0 Å². The molecule has 0 spiro atoms. The normalized spacial score (nSPS) is 15.6. The van der Waals surface area contributed by atoms with Gasteiger partial charge < -0.3 is 9.47 Å². The summed E-state index contributed by atoms with van der Waals surface area (Å²) in [6, 6.07) is 7.83. The van der Waals surface area contributed by atoms with Crippen molar-refractivity contribution in [2.24, 2.45) is 0 Å². The minimum absolute atomic E-state index is 0.111. The molecule has 3 rings (SSSR count). The average molecular weight is 472 g/mol. The number of methoxy groups -OCH3 is 2. The molecule has 0 atom stereocenters. The predicted molar refractivity (Wildman–Crippen MR) is 117 cm³/mol. The summed E-state index contributed by atoms with van der Waals surface area (Å²) in [5, 5.41) is 2.99. The van der Waals surface area contributed by atoms with Gasteiger partial charge in [0, 0.05) is 6.07 Å². The van der Waals surface area contributed by atoms with Crippen LogP contribution in [0.4, 0.5) is 5.69 Å². The van der Waals surface area contributed by atoms with Gasteiger partial charge in [-0.1, -0.05) is 40.9 Å². The highest BCUT2D eigenvalue weighted by atomic mass is 35.5. The molecule has 1 aliphatic heterocycles. The van der Waals surface area contributed by atoms with Crippen molar-refractivity contribution in [3.8, 4) is 11.5 Å². The lowest BCUT2D eigenvalue weighted by molar-refractivity contribution is -0.122. The molecule has 2 aromatic carbocycles. The average Bonchev–Trinajstić information content (AvgIpc) is 2.68. The van der Waals surface area contributed by atoms with Crippen LogP contribution in [-0.2, 0) is 9.59 Å². The van der Waals surface area contributed by atoms with Crippen LogP contribution < -0.4 is 19.7 Å². The molecule has 10 heteroatoms. The topological polar surface area (TPSA) is 67.9 Å². The van der Waals surface area contributed by atoms with Crippen LogP contribution in [0.3, 0.4) is 0 Å². The second-order valence-corrected chi connectivity index (χ2v) is 7.34. The zero-order valence-electron chi connectivity index (χ0n) is 15.1. The fourth-order valence-electron chi connectivity index (χ4n) is 2.68. The summed E-state index contributed by atoms with van der Waals surface area (Å²) >= 11 is 23.7. The molecule has 0 aliphatic carbocycles. The Morgan fingerprint density at radius 2 is 1.69 bits per heavy atom. The predicted octanol–water partition coefficient (Wildman–Crippen LogP) is 4.50. The van der Waals surface area contributed by atoms with Gasteiger partial charge in [-0.15, -0.1) is 0 Å². The van der Waals surface area contributed by atoms with E-state index < -0.39 is 11.8 Å². The van der Waals surface area contributed by atoms with Gasteiger partial charge in [-0.2, -0.15) is 0 Å². The Kier molecular flexibility index (Phi) is 6.33. The zero-order valence-corrected chi connectivity index (χ0v) is 18.2. The van der Waals surface area contributed by atoms with E-state index in [1.807, 2.05) is 0 Å². The highest BCUT2D eigenvalue weighted by molar-refractivity contribution is 7.80. The van der Waals surface area contributed by atoms with Crippen molar-refractivity contribution >= 4 is 75.7 Å². The number of halogens is 3. The van der Waals surface area contributed by atoms with Crippen molar-refractivity contribution in [3.05, 3.63) is 56.5 Å². The van der Waals surface area contributed by atoms with E-state index in [2.05, 4.69) is 5.32 Å². The van der Waals surface area contributed by atoms with E-state index in [-0.39, 0.29) is 31.4 Å². The highest BCUT2D eigenvalue weighted by Gasteiger charge is 2.36. The van der Waals surface area contributed by atoms with Crippen molar-refractivity contribution < 1.29 is 19.1 Å². The third-order valence-electron chi connectivity index (χ3n) is 4.08. The molecule has 29 heavy (non-hydrogen) atoms. The Morgan fingerprint density at radius 1 is 1.03 bits per heavy atom. The Balaban J connectivity index is 2.10. The number of ether oxygens (including phenoxy) is 2. The minimum Gasteiger partial charge on any atom is -0.493 e. The number of nitrogens with zero attached hydrogens (tertiary/aromatic N) is 1. The van der Waals surface area contributed by atoms with Gasteiger partial charge in [0.1, 0.15) is 5.57 Å². The molecule has 0 saturated carbocycles.